The lowest BCUT2D eigenvalue weighted by atomic mass is 10.1. The Balaban J connectivity index is 2.33. The summed E-state index contributed by atoms with van der Waals surface area (Å²) in [6.45, 7) is 7.00. The molecular weight excluding hydrogens is 297 g/mol. The van der Waals surface area contributed by atoms with Crippen molar-refractivity contribution < 1.29 is 14.0 Å². The van der Waals surface area contributed by atoms with Gasteiger partial charge in [-0.1, -0.05) is 25.1 Å². The highest BCUT2D eigenvalue weighted by Gasteiger charge is 2.13. The lowest BCUT2D eigenvalue weighted by Crippen LogP contribution is -2.44. The summed E-state index contributed by atoms with van der Waals surface area (Å²) in [6.07, 6.45) is 0.443. The van der Waals surface area contributed by atoms with Gasteiger partial charge in [0.15, 0.2) is 0 Å². The van der Waals surface area contributed by atoms with Crippen LogP contribution in [0.4, 0.5) is 4.39 Å². The Kier molecular flexibility index (Phi) is 8.26. The van der Waals surface area contributed by atoms with Gasteiger partial charge in [-0.05, 0) is 38.4 Å². The topological polar surface area (TPSA) is 61.4 Å². The van der Waals surface area contributed by atoms with Crippen LogP contribution >= 0.6 is 0 Å². The van der Waals surface area contributed by atoms with Crippen LogP contribution < -0.4 is 10.6 Å². The van der Waals surface area contributed by atoms with Crippen LogP contribution in [0.25, 0.3) is 0 Å². The maximum absolute atomic E-state index is 13.5. The van der Waals surface area contributed by atoms with Crippen molar-refractivity contribution in [1.82, 2.24) is 15.5 Å². The van der Waals surface area contributed by atoms with Crippen molar-refractivity contribution in [1.29, 1.82) is 0 Å². The maximum Gasteiger partial charge on any atom is 0.234 e. The van der Waals surface area contributed by atoms with E-state index in [2.05, 4.69) is 10.6 Å². The minimum Gasteiger partial charge on any atom is -0.355 e. The molecule has 1 aromatic carbocycles. The van der Waals surface area contributed by atoms with Gasteiger partial charge in [0.25, 0.3) is 0 Å². The van der Waals surface area contributed by atoms with Gasteiger partial charge in [0, 0.05) is 12.6 Å². The minimum absolute atomic E-state index is 0.0794. The van der Waals surface area contributed by atoms with E-state index in [0.29, 0.717) is 25.1 Å². The van der Waals surface area contributed by atoms with Crippen LogP contribution in [0.3, 0.4) is 0 Å². The molecule has 0 aromatic heterocycles. The highest BCUT2D eigenvalue weighted by Crippen LogP contribution is 2.06. The second kappa shape index (κ2) is 9.94. The largest absolute Gasteiger partial charge is 0.355 e. The number of carbonyl (C=O) groups is 2. The molecule has 2 N–H and O–H groups in total. The van der Waals surface area contributed by atoms with Gasteiger partial charge in [0.2, 0.25) is 11.8 Å². The van der Waals surface area contributed by atoms with E-state index < -0.39 is 0 Å². The molecule has 0 bridgehead atoms. The van der Waals surface area contributed by atoms with E-state index in [9.17, 15) is 14.0 Å². The fraction of sp³-hybridized carbons (Fsp3) is 0.529. The molecule has 0 radical (unpaired) electrons. The van der Waals surface area contributed by atoms with Gasteiger partial charge < -0.3 is 10.6 Å². The number of hydrogen-bond acceptors (Lipinski definition) is 3. The number of nitrogens with one attached hydrogen (secondary N) is 2. The smallest absolute Gasteiger partial charge is 0.234 e. The van der Waals surface area contributed by atoms with Crippen LogP contribution in [-0.2, 0) is 16.0 Å². The third kappa shape index (κ3) is 7.74. The highest BCUT2D eigenvalue weighted by atomic mass is 19.1. The van der Waals surface area contributed by atoms with Gasteiger partial charge in [-0.3, -0.25) is 14.5 Å². The molecule has 0 heterocycles. The van der Waals surface area contributed by atoms with Crippen molar-refractivity contribution in [2.45, 2.75) is 33.2 Å². The Hall–Kier alpha value is -1.95. The van der Waals surface area contributed by atoms with E-state index >= 15 is 0 Å². The number of nitrogens with zero attached hydrogens (tertiary/aromatic N) is 1. The third-order valence-electron chi connectivity index (χ3n) is 3.31. The standard InChI is InChI=1S/C17H26FN3O2/c1-4-21(12-17(23)20-13(2)3)11-16(22)19-10-9-14-7-5-6-8-15(14)18/h5-8,13H,4,9-12H2,1-3H3,(H,19,22)(H,20,23). The van der Waals surface area contributed by atoms with Crippen molar-refractivity contribution in [3.05, 3.63) is 35.6 Å². The van der Waals surface area contributed by atoms with E-state index in [-0.39, 0.29) is 36.8 Å². The average Bonchev–Trinajstić information content (AvgIpc) is 2.47. The van der Waals surface area contributed by atoms with Crippen LogP contribution in [0.5, 0.6) is 0 Å². The normalized spacial score (nSPS) is 10.9. The van der Waals surface area contributed by atoms with Crippen LogP contribution in [0, 0.1) is 5.82 Å². The average molecular weight is 323 g/mol. The number of amides is 2. The van der Waals surface area contributed by atoms with E-state index in [1.807, 2.05) is 20.8 Å². The Morgan fingerprint density at radius 2 is 1.83 bits per heavy atom. The summed E-state index contributed by atoms with van der Waals surface area (Å²) in [5.74, 6) is -0.524. The fourth-order valence-electron chi connectivity index (χ4n) is 2.15. The zero-order valence-electron chi connectivity index (χ0n) is 14.1. The molecule has 1 aromatic rings. The zero-order valence-corrected chi connectivity index (χ0v) is 14.1. The van der Waals surface area contributed by atoms with Crippen molar-refractivity contribution in [2.75, 3.05) is 26.2 Å². The first-order valence-corrected chi connectivity index (χ1v) is 7.94. The molecule has 0 spiro atoms. The van der Waals surface area contributed by atoms with Crippen molar-refractivity contribution in [3.8, 4) is 0 Å². The number of rotatable bonds is 9. The lowest BCUT2D eigenvalue weighted by molar-refractivity contribution is -0.125. The second-order valence-corrected chi connectivity index (χ2v) is 5.72. The van der Waals surface area contributed by atoms with Crippen LogP contribution in [0.1, 0.15) is 26.3 Å². The first-order valence-electron chi connectivity index (χ1n) is 7.94. The molecule has 6 heteroatoms. The third-order valence-corrected chi connectivity index (χ3v) is 3.31. The fourth-order valence-corrected chi connectivity index (χ4v) is 2.15. The quantitative estimate of drug-likeness (QED) is 0.721. The highest BCUT2D eigenvalue weighted by molar-refractivity contribution is 5.81. The second-order valence-electron chi connectivity index (χ2n) is 5.72. The predicted molar refractivity (Wildman–Crippen MR) is 88.5 cm³/mol. The number of likely N-dealkylation sites (N-methyl/N-ethyl adjacent to an activating group) is 1. The van der Waals surface area contributed by atoms with Gasteiger partial charge in [0.1, 0.15) is 5.82 Å². The Labute approximate surface area is 137 Å². The molecule has 0 aliphatic carbocycles. The molecule has 5 nitrogen and oxygen atoms in total. The summed E-state index contributed by atoms with van der Waals surface area (Å²) in [7, 11) is 0. The molecule has 0 fully saturated rings. The summed E-state index contributed by atoms with van der Waals surface area (Å²) < 4.78 is 13.5. The van der Waals surface area contributed by atoms with Crippen LogP contribution in [0.2, 0.25) is 0 Å². The first kappa shape index (κ1) is 19.1. The zero-order chi connectivity index (χ0) is 17.2. The van der Waals surface area contributed by atoms with Gasteiger partial charge in [-0.25, -0.2) is 4.39 Å². The molecule has 0 saturated heterocycles. The van der Waals surface area contributed by atoms with E-state index in [1.165, 1.54) is 6.07 Å². The molecule has 0 atom stereocenters. The molecule has 23 heavy (non-hydrogen) atoms. The number of hydrogen-bond donors (Lipinski definition) is 2. The van der Waals surface area contributed by atoms with Crippen molar-refractivity contribution in [3.63, 3.8) is 0 Å². The summed E-state index contributed by atoms with van der Waals surface area (Å²) in [4.78, 5) is 25.4. The molecule has 1 rings (SSSR count). The number of benzene rings is 1. The summed E-state index contributed by atoms with van der Waals surface area (Å²) in [5.41, 5.74) is 0.580. The summed E-state index contributed by atoms with van der Waals surface area (Å²) in [6, 6.07) is 6.60. The molecule has 2 amide bonds. The molecule has 0 aliphatic heterocycles. The van der Waals surface area contributed by atoms with Crippen LogP contribution in [-0.4, -0.2) is 48.9 Å². The van der Waals surface area contributed by atoms with Crippen molar-refractivity contribution >= 4 is 11.8 Å². The van der Waals surface area contributed by atoms with Gasteiger partial charge in [0.05, 0.1) is 13.1 Å². The Morgan fingerprint density at radius 1 is 1.17 bits per heavy atom. The molecule has 0 saturated carbocycles. The first-order chi connectivity index (χ1) is 10.9. The van der Waals surface area contributed by atoms with Gasteiger partial charge in [-0.15, -0.1) is 0 Å². The summed E-state index contributed by atoms with van der Waals surface area (Å²) in [5, 5.41) is 5.56. The molecular formula is C17H26FN3O2. The predicted octanol–water partition coefficient (Wildman–Crippen LogP) is 1.33. The Bertz CT molecular complexity index is 520. The van der Waals surface area contributed by atoms with Gasteiger partial charge >= 0.3 is 0 Å². The van der Waals surface area contributed by atoms with Crippen molar-refractivity contribution in [2.24, 2.45) is 0 Å². The minimum atomic E-state index is -0.262. The molecule has 0 unspecified atom stereocenters. The SMILES string of the molecule is CCN(CC(=O)NCCc1ccccc1F)CC(=O)NC(C)C. The monoisotopic (exact) mass is 323 g/mol. The molecule has 0 aliphatic rings. The van der Waals surface area contributed by atoms with Crippen LogP contribution in [0.15, 0.2) is 24.3 Å². The van der Waals surface area contributed by atoms with E-state index in [4.69, 9.17) is 0 Å². The summed E-state index contributed by atoms with van der Waals surface area (Å²) >= 11 is 0. The number of carbonyl (C=O) groups excluding carboxylic acids is 2. The van der Waals surface area contributed by atoms with E-state index in [1.54, 1.807) is 23.1 Å². The maximum atomic E-state index is 13.5. The lowest BCUT2D eigenvalue weighted by Gasteiger charge is -2.20. The van der Waals surface area contributed by atoms with Gasteiger partial charge in [-0.2, -0.15) is 0 Å². The Morgan fingerprint density at radius 3 is 2.43 bits per heavy atom. The van der Waals surface area contributed by atoms with E-state index in [0.717, 1.165) is 0 Å². The molecule has 128 valence electrons. The number of halogens is 1.